The minimum atomic E-state index is -1.30. The molecule has 2 aliphatic carbocycles. The Morgan fingerprint density at radius 1 is 0.844 bits per heavy atom. The molecule has 5 N–H and O–H groups in total. The number of hydrazine groups is 1. The third-order valence-electron chi connectivity index (χ3n) is 8.97. The number of primary amides is 1. The van der Waals surface area contributed by atoms with Crippen molar-refractivity contribution in [1.82, 2.24) is 20.7 Å². The Bertz CT molecular complexity index is 940. The molecule has 7 atom stereocenters. The van der Waals surface area contributed by atoms with Crippen molar-refractivity contribution < 1.29 is 33.1 Å². The van der Waals surface area contributed by atoms with Gasteiger partial charge in [0.25, 0.3) is 0 Å². The maximum atomic E-state index is 14.3. The molecule has 2 rings (SSSR count). The first kappa shape index (κ1) is 38.8. The van der Waals surface area contributed by atoms with E-state index in [2.05, 4.69) is 10.7 Å². The lowest BCUT2D eigenvalue weighted by Gasteiger charge is -2.37. The Hall–Kier alpha value is -2.34. The molecular weight excluding hydrogens is 584 g/mol. The summed E-state index contributed by atoms with van der Waals surface area (Å²) in [6.45, 7) is 11.4. The van der Waals surface area contributed by atoms with Gasteiger partial charge < -0.3 is 21.1 Å². The second-order valence-corrected chi connectivity index (χ2v) is 13.8. The quantitative estimate of drug-likeness (QED) is 0.168. The van der Waals surface area contributed by atoms with E-state index < -0.39 is 60.0 Å². The molecule has 0 aromatic rings. The lowest BCUT2D eigenvalue weighted by molar-refractivity contribution is -0.141. The van der Waals surface area contributed by atoms with Crippen molar-refractivity contribution in [3.05, 3.63) is 0 Å². The topological polar surface area (TPSA) is 145 Å². The number of hydrogen-bond donors (Lipinski definition) is 4. The van der Waals surface area contributed by atoms with Crippen LogP contribution in [-0.4, -0.2) is 89.3 Å². The normalized spacial score (nSPS) is 26.7. The van der Waals surface area contributed by atoms with Crippen molar-refractivity contribution >= 4 is 23.6 Å². The number of alkyl halides is 2. The summed E-state index contributed by atoms with van der Waals surface area (Å²) in [6, 6.07) is -0.860. The van der Waals surface area contributed by atoms with Gasteiger partial charge in [0.05, 0.1) is 12.1 Å². The number of carbonyl (C=O) groups excluding carboxylic acids is 4. The van der Waals surface area contributed by atoms with Crippen LogP contribution in [0.2, 0.25) is 0 Å². The third-order valence-corrected chi connectivity index (χ3v) is 8.97. The molecule has 0 spiro atoms. The molecule has 0 saturated heterocycles. The number of aliphatic hydroxyl groups is 1. The van der Waals surface area contributed by atoms with Crippen LogP contribution in [0.3, 0.4) is 0 Å². The predicted octanol–water partition coefficient (Wildman–Crippen LogP) is 3.65. The van der Waals surface area contributed by atoms with E-state index >= 15 is 0 Å². The highest BCUT2D eigenvalue weighted by atomic mass is 19.1. The average Bonchev–Trinajstić information content (AvgIpc) is 2.95. The molecule has 12 heteroatoms. The van der Waals surface area contributed by atoms with Crippen molar-refractivity contribution in [2.75, 3.05) is 26.2 Å². The lowest BCUT2D eigenvalue weighted by atomic mass is 9.73. The van der Waals surface area contributed by atoms with Gasteiger partial charge in [-0.3, -0.25) is 24.6 Å². The Kier molecular flexibility index (Phi) is 16.7. The first-order chi connectivity index (χ1) is 21.3. The summed E-state index contributed by atoms with van der Waals surface area (Å²) in [7, 11) is 0. The number of nitrogens with one attached hydrogen (secondary N) is 2. The maximum absolute atomic E-state index is 14.3. The van der Waals surface area contributed by atoms with Gasteiger partial charge in [-0.2, -0.15) is 0 Å². The van der Waals surface area contributed by atoms with Crippen molar-refractivity contribution in [1.29, 1.82) is 0 Å². The SMILES string of the molecule is CCCN(CC(O)C(CC1CC(F)CC(F)C1)NC(=O)C1CC(C(N)=O)CC(C(=O)N(CCC)CCC)C1)NC(=O)CC(C)C. The van der Waals surface area contributed by atoms with Crippen molar-refractivity contribution in [2.45, 2.75) is 130 Å². The molecule has 0 aliphatic heterocycles. The van der Waals surface area contributed by atoms with Gasteiger partial charge in [-0.15, -0.1) is 0 Å². The van der Waals surface area contributed by atoms with E-state index in [1.807, 2.05) is 34.6 Å². The fraction of sp³-hybridized carbons (Fsp3) is 0.879. The van der Waals surface area contributed by atoms with Crippen LogP contribution in [0.5, 0.6) is 0 Å². The smallest absolute Gasteiger partial charge is 0.234 e. The number of rotatable bonds is 18. The second kappa shape index (κ2) is 19.4. The molecular formula is C33H59F2N5O5. The third kappa shape index (κ3) is 13.1. The van der Waals surface area contributed by atoms with Gasteiger partial charge in [-0.05, 0) is 69.6 Å². The fourth-order valence-electron chi connectivity index (χ4n) is 6.96. The summed E-state index contributed by atoms with van der Waals surface area (Å²) in [6.07, 6.45) is -0.176. The highest BCUT2D eigenvalue weighted by Crippen LogP contribution is 2.36. The predicted molar refractivity (Wildman–Crippen MR) is 170 cm³/mol. The number of hydrogen-bond acceptors (Lipinski definition) is 6. The van der Waals surface area contributed by atoms with Crippen LogP contribution in [0.4, 0.5) is 8.78 Å². The van der Waals surface area contributed by atoms with E-state index in [1.165, 1.54) is 0 Å². The van der Waals surface area contributed by atoms with E-state index in [-0.39, 0.29) is 69.2 Å². The van der Waals surface area contributed by atoms with E-state index in [9.17, 15) is 33.1 Å². The summed E-state index contributed by atoms with van der Waals surface area (Å²) in [5.74, 6) is -3.38. The first-order valence-corrected chi connectivity index (χ1v) is 17.2. The summed E-state index contributed by atoms with van der Waals surface area (Å²) < 4.78 is 28.7. The Balaban J connectivity index is 2.27. The Morgan fingerprint density at radius 2 is 1.40 bits per heavy atom. The molecule has 10 nitrogen and oxygen atoms in total. The summed E-state index contributed by atoms with van der Waals surface area (Å²) in [5, 5.41) is 16.0. The summed E-state index contributed by atoms with van der Waals surface area (Å²) in [4.78, 5) is 53.9. The van der Waals surface area contributed by atoms with Crippen LogP contribution in [0.1, 0.15) is 105 Å². The largest absolute Gasteiger partial charge is 0.390 e. The second-order valence-electron chi connectivity index (χ2n) is 13.8. The summed E-state index contributed by atoms with van der Waals surface area (Å²) >= 11 is 0. The molecule has 7 unspecified atom stereocenters. The number of nitrogens with two attached hydrogens (primary N) is 1. The van der Waals surface area contributed by atoms with E-state index in [0.29, 0.717) is 32.5 Å². The van der Waals surface area contributed by atoms with Gasteiger partial charge >= 0.3 is 0 Å². The first-order valence-electron chi connectivity index (χ1n) is 17.2. The fourth-order valence-corrected chi connectivity index (χ4v) is 6.96. The zero-order chi connectivity index (χ0) is 33.7. The Morgan fingerprint density at radius 3 is 1.93 bits per heavy atom. The van der Waals surface area contributed by atoms with Gasteiger partial charge in [-0.1, -0.05) is 34.6 Å². The molecule has 0 radical (unpaired) electrons. The molecule has 0 aromatic carbocycles. The van der Waals surface area contributed by atoms with Crippen molar-refractivity contribution in [3.63, 3.8) is 0 Å². The van der Waals surface area contributed by atoms with Crippen LogP contribution in [-0.2, 0) is 19.2 Å². The zero-order valence-corrected chi connectivity index (χ0v) is 28.1. The minimum Gasteiger partial charge on any atom is -0.390 e. The molecule has 0 heterocycles. The summed E-state index contributed by atoms with van der Waals surface area (Å²) in [5.41, 5.74) is 8.54. The lowest BCUT2D eigenvalue weighted by Crippen LogP contribution is -2.55. The van der Waals surface area contributed by atoms with Gasteiger partial charge in [0.2, 0.25) is 23.6 Å². The van der Waals surface area contributed by atoms with Gasteiger partial charge in [0, 0.05) is 56.8 Å². The van der Waals surface area contributed by atoms with Gasteiger partial charge in [-0.25, -0.2) is 13.8 Å². The molecule has 4 amide bonds. The molecule has 0 bridgehead atoms. The number of nitrogens with zero attached hydrogens (tertiary/aromatic N) is 2. The molecule has 2 fully saturated rings. The van der Waals surface area contributed by atoms with Crippen LogP contribution < -0.4 is 16.5 Å². The van der Waals surface area contributed by atoms with Gasteiger partial charge in [0.1, 0.15) is 12.3 Å². The van der Waals surface area contributed by atoms with E-state index in [1.54, 1.807) is 9.91 Å². The van der Waals surface area contributed by atoms with Crippen molar-refractivity contribution in [3.8, 4) is 0 Å². The number of amides is 4. The number of aliphatic hydroxyl groups excluding tert-OH is 1. The Labute approximate surface area is 268 Å². The van der Waals surface area contributed by atoms with E-state index in [4.69, 9.17) is 5.73 Å². The molecule has 2 saturated carbocycles. The standard InChI is InChI=1S/C33H59F2N5O5/c1-6-9-39(10-7-2)33(45)25-17-23(31(36)43)16-24(18-25)32(44)37-28(15-22-13-26(34)19-27(35)14-22)29(41)20-40(11-8-3)38-30(42)12-21(4)5/h21-29,41H,6-20H2,1-5H3,(H2,36,43)(H,37,44)(H,38,42). The van der Waals surface area contributed by atoms with E-state index in [0.717, 1.165) is 12.8 Å². The van der Waals surface area contributed by atoms with Crippen molar-refractivity contribution in [2.24, 2.45) is 35.3 Å². The zero-order valence-electron chi connectivity index (χ0n) is 28.1. The highest BCUT2D eigenvalue weighted by molar-refractivity contribution is 5.85. The molecule has 45 heavy (non-hydrogen) atoms. The number of halogens is 2. The van der Waals surface area contributed by atoms with Gasteiger partial charge in [0.15, 0.2) is 0 Å². The highest BCUT2D eigenvalue weighted by Gasteiger charge is 2.41. The minimum absolute atomic E-state index is 0.00608. The molecule has 260 valence electrons. The maximum Gasteiger partial charge on any atom is 0.234 e. The monoisotopic (exact) mass is 643 g/mol. The average molecular weight is 644 g/mol. The number of carbonyl (C=O) groups is 4. The van der Waals surface area contributed by atoms with Crippen LogP contribution >= 0.6 is 0 Å². The van der Waals surface area contributed by atoms with Crippen LogP contribution in [0, 0.1) is 29.6 Å². The van der Waals surface area contributed by atoms with Crippen LogP contribution in [0.25, 0.3) is 0 Å². The van der Waals surface area contributed by atoms with Crippen LogP contribution in [0.15, 0.2) is 0 Å². The molecule has 2 aliphatic rings. The molecule has 0 aromatic heterocycles.